The molecule has 8 nitrogen and oxygen atoms in total. The molecule has 1 fully saturated rings. The molecular formula is C16H18FN5O3. The van der Waals surface area contributed by atoms with E-state index in [-0.39, 0.29) is 18.2 Å². The Morgan fingerprint density at radius 1 is 1.36 bits per heavy atom. The summed E-state index contributed by atoms with van der Waals surface area (Å²) in [6.45, 7) is 0.717. The number of rotatable bonds is 3. The molecule has 9 heteroatoms. The molecule has 0 radical (unpaired) electrons. The number of methoxy groups -OCH3 is 1. The predicted molar refractivity (Wildman–Crippen MR) is 89.1 cm³/mol. The number of nitrogens with zero attached hydrogens (tertiary/aromatic N) is 4. The Morgan fingerprint density at radius 3 is 2.80 bits per heavy atom. The number of aryl methyl sites for hydroxylation is 1. The summed E-state index contributed by atoms with van der Waals surface area (Å²) in [6.07, 6.45) is 3.36. The first-order valence-corrected chi connectivity index (χ1v) is 7.66. The first-order valence-electron chi connectivity index (χ1n) is 7.66. The minimum absolute atomic E-state index is 0.0373. The van der Waals surface area contributed by atoms with Gasteiger partial charge in [0.2, 0.25) is 5.91 Å². The lowest BCUT2D eigenvalue weighted by molar-refractivity contribution is -0.120. The van der Waals surface area contributed by atoms with E-state index < -0.39 is 11.8 Å². The third-order valence-electron chi connectivity index (χ3n) is 3.91. The molecule has 1 aliphatic rings. The van der Waals surface area contributed by atoms with Gasteiger partial charge in [-0.2, -0.15) is 5.10 Å². The molecule has 0 saturated carbocycles. The average Bonchev–Trinajstić information content (AvgIpc) is 3.02. The number of ether oxygens (including phenoxy) is 1. The maximum atomic E-state index is 13.4. The Kier molecular flexibility index (Phi) is 4.55. The number of piperazine rings is 1. The second kappa shape index (κ2) is 6.80. The Bertz CT molecular complexity index is 807. The molecule has 0 bridgehead atoms. The summed E-state index contributed by atoms with van der Waals surface area (Å²) in [7, 11) is 3.12. The Balaban J connectivity index is 1.64. The number of aromatic nitrogens is 2. The molecule has 2 aromatic rings. The molecule has 3 amide bonds. The van der Waals surface area contributed by atoms with Crippen molar-refractivity contribution in [1.29, 1.82) is 0 Å². The minimum atomic E-state index is -0.513. The van der Waals surface area contributed by atoms with Crippen molar-refractivity contribution in [3.05, 3.63) is 36.4 Å². The van der Waals surface area contributed by atoms with Gasteiger partial charge >= 0.3 is 6.03 Å². The third kappa shape index (κ3) is 3.54. The van der Waals surface area contributed by atoms with Gasteiger partial charge in [0.05, 0.1) is 19.0 Å². The van der Waals surface area contributed by atoms with Crippen molar-refractivity contribution in [2.45, 2.75) is 0 Å². The number of nitrogens with one attached hydrogen (secondary N) is 1. The van der Waals surface area contributed by atoms with Crippen LogP contribution in [0.5, 0.6) is 5.75 Å². The van der Waals surface area contributed by atoms with E-state index in [1.54, 1.807) is 29.0 Å². The number of anilines is 2. The van der Waals surface area contributed by atoms with Crippen molar-refractivity contribution in [3.63, 3.8) is 0 Å². The molecule has 0 aliphatic carbocycles. The van der Waals surface area contributed by atoms with E-state index in [1.807, 2.05) is 0 Å². The van der Waals surface area contributed by atoms with E-state index in [0.717, 1.165) is 0 Å². The van der Waals surface area contributed by atoms with Crippen LogP contribution >= 0.6 is 0 Å². The van der Waals surface area contributed by atoms with Crippen LogP contribution in [0, 0.1) is 5.82 Å². The first kappa shape index (κ1) is 16.7. The van der Waals surface area contributed by atoms with E-state index in [9.17, 15) is 14.0 Å². The van der Waals surface area contributed by atoms with Crippen molar-refractivity contribution < 1.29 is 18.7 Å². The number of amides is 3. The lowest BCUT2D eigenvalue weighted by atomic mass is 10.2. The van der Waals surface area contributed by atoms with Crippen LogP contribution in [0.15, 0.2) is 30.6 Å². The quantitative estimate of drug-likeness (QED) is 0.911. The van der Waals surface area contributed by atoms with Crippen molar-refractivity contribution in [2.75, 3.05) is 37.0 Å². The number of benzene rings is 1. The Hall–Kier alpha value is -3.10. The fourth-order valence-electron chi connectivity index (χ4n) is 2.61. The molecule has 1 aromatic carbocycles. The highest BCUT2D eigenvalue weighted by Gasteiger charge is 2.28. The normalized spacial score (nSPS) is 14.6. The van der Waals surface area contributed by atoms with Gasteiger partial charge in [0.1, 0.15) is 6.54 Å². The van der Waals surface area contributed by atoms with Gasteiger partial charge in [0, 0.05) is 38.1 Å². The second-order valence-electron chi connectivity index (χ2n) is 5.62. The van der Waals surface area contributed by atoms with Crippen LogP contribution in [0.3, 0.4) is 0 Å². The fraction of sp³-hybridized carbons (Fsp3) is 0.312. The topological polar surface area (TPSA) is 79.7 Å². The van der Waals surface area contributed by atoms with Crippen molar-refractivity contribution in [3.8, 4) is 5.75 Å². The van der Waals surface area contributed by atoms with Crippen LogP contribution in [-0.2, 0) is 11.8 Å². The van der Waals surface area contributed by atoms with Crippen molar-refractivity contribution in [1.82, 2.24) is 14.7 Å². The lowest BCUT2D eigenvalue weighted by Gasteiger charge is -2.33. The van der Waals surface area contributed by atoms with Crippen molar-refractivity contribution >= 4 is 23.3 Å². The summed E-state index contributed by atoms with van der Waals surface area (Å²) < 4.78 is 19.9. The molecule has 132 valence electrons. The van der Waals surface area contributed by atoms with Gasteiger partial charge in [-0.1, -0.05) is 0 Å². The number of urea groups is 1. The summed E-state index contributed by atoms with van der Waals surface area (Å²) >= 11 is 0. The number of halogens is 1. The molecule has 1 saturated heterocycles. The van der Waals surface area contributed by atoms with Crippen LogP contribution < -0.4 is 15.0 Å². The van der Waals surface area contributed by atoms with Gasteiger partial charge in [-0.25, -0.2) is 9.18 Å². The molecule has 1 aromatic heterocycles. The lowest BCUT2D eigenvalue weighted by Crippen LogP contribution is -2.53. The minimum Gasteiger partial charge on any atom is -0.494 e. The van der Waals surface area contributed by atoms with Gasteiger partial charge in [-0.3, -0.25) is 9.48 Å². The molecule has 0 spiro atoms. The van der Waals surface area contributed by atoms with Gasteiger partial charge in [0.25, 0.3) is 0 Å². The van der Waals surface area contributed by atoms with Crippen LogP contribution in [0.4, 0.5) is 20.6 Å². The molecule has 3 rings (SSSR count). The molecule has 1 aliphatic heterocycles. The van der Waals surface area contributed by atoms with Crippen LogP contribution in [0.2, 0.25) is 0 Å². The fourth-order valence-corrected chi connectivity index (χ4v) is 2.61. The number of carbonyl (C=O) groups is 2. The zero-order valence-electron chi connectivity index (χ0n) is 13.9. The molecular weight excluding hydrogens is 329 g/mol. The van der Waals surface area contributed by atoms with E-state index in [2.05, 4.69) is 10.4 Å². The largest absolute Gasteiger partial charge is 0.494 e. The summed E-state index contributed by atoms with van der Waals surface area (Å²) in [5.41, 5.74) is 1.10. The average molecular weight is 347 g/mol. The van der Waals surface area contributed by atoms with Gasteiger partial charge < -0.3 is 19.9 Å². The van der Waals surface area contributed by atoms with Crippen molar-refractivity contribution in [2.24, 2.45) is 7.05 Å². The predicted octanol–water partition coefficient (Wildman–Crippen LogP) is 1.45. The number of hydrogen-bond donors (Lipinski definition) is 1. The number of hydrogen-bond acceptors (Lipinski definition) is 4. The van der Waals surface area contributed by atoms with E-state index >= 15 is 0 Å². The zero-order chi connectivity index (χ0) is 18.0. The van der Waals surface area contributed by atoms with Gasteiger partial charge in [-0.05, 0) is 12.1 Å². The highest BCUT2D eigenvalue weighted by molar-refractivity contribution is 5.99. The summed E-state index contributed by atoms with van der Waals surface area (Å²) in [5.74, 6) is -0.665. The Labute approximate surface area is 143 Å². The molecule has 2 heterocycles. The number of carbonyl (C=O) groups excluding carboxylic acids is 2. The van der Waals surface area contributed by atoms with Crippen LogP contribution in [-0.4, -0.2) is 53.4 Å². The molecule has 1 N–H and O–H groups in total. The zero-order valence-corrected chi connectivity index (χ0v) is 13.9. The third-order valence-corrected chi connectivity index (χ3v) is 3.91. The molecule has 25 heavy (non-hydrogen) atoms. The highest BCUT2D eigenvalue weighted by atomic mass is 19.1. The summed E-state index contributed by atoms with van der Waals surface area (Å²) in [5, 5.41) is 6.69. The molecule has 0 unspecified atom stereocenters. The van der Waals surface area contributed by atoms with E-state index in [1.165, 1.54) is 30.2 Å². The first-order chi connectivity index (χ1) is 12.0. The SMILES string of the molecule is COc1cc(NC(=O)N2CCN(c3cnn(C)c3)C(=O)C2)ccc1F. The maximum absolute atomic E-state index is 13.4. The van der Waals surface area contributed by atoms with Crippen LogP contribution in [0.25, 0.3) is 0 Å². The summed E-state index contributed by atoms with van der Waals surface area (Å²) in [6, 6.07) is 3.61. The van der Waals surface area contributed by atoms with E-state index in [4.69, 9.17) is 4.74 Å². The maximum Gasteiger partial charge on any atom is 0.322 e. The standard InChI is InChI=1S/C16H18FN5O3/c1-20-9-12(8-18-20)22-6-5-21(10-15(22)23)16(24)19-11-3-4-13(17)14(7-11)25-2/h3-4,7-9H,5-6,10H2,1-2H3,(H,19,24). The summed E-state index contributed by atoms with van der Waals surface area (Å²) in [4.78, 5) is 27.7. The van der Waals surface area contributed by atoms with Crippen LogP contribution in [0.1, 0.15) is 0 Å². The molecule has 0 atom stereocenters. The Morgan fingerprint density at radius 2 is 2.16 bits per heavy atom. The second-order valence-corrected chi connectivity index (χ2v) is 5.62. The highest BCUT2D eigenvalue weighted by Crippen LogP contribution is 2.22. The monoisotopic (exact) mass is 347 g/mol. The van der Waals surface area contributed by atoms with Gasteiger partial charge in [-0.15, -0.1) is 0 Å². The smallest absolute Gasteiger partial charge is 0.322 e. The van der Waals surface area contributed by atoms with E-state index in [0.29, 0.717) is 24.5 Å². The van der Waals surface area contributed by atoms with Gasteiger partial charge in [0.15, 0.2) is 11.6 Å².